The molecule has 1 saturated heterocycles. The molecule has 0 radical (unpaired) electrons. The molecule has 1 atom stereocenters. The number of hydrogen-bond acceptors (Lipinski definition) is 3. The van der Waals surface area contributed by atoms with E-state index in [1.54, 1.807) is 4.90 Å². The summed E-state index contributed by atoms with van der Waals surface area (Å²) in [5.41, 5.74) is 7.87. The largest absolute Gasteiger partial charge is 0.444 e. The Hall–Kier alpha value is -1.55. The maximum absolute atomic E-state index is 11.5. The molecule has 0 spiro atoms. The highest BCUT2D eigenvalue weighted by Crippen LogP contribution is 2.15. The molecule has 2 N–H and O–H groups in total. The summed E-state index contributed by atoms with van der Waals surface area (Å²) in [4.78, 5) is 13.1. The molecule has 17 heavy (non-hydrogen) atoms. The van der Waals surface area contributed by atoms with Crippen LogP contribution in [0.1, 0.15) is 11.1 Å². The van der Waals surface area contributed by atoms with Crippen LogP contribution in [0.15, 0.2) is 24.3 Å². The first-order chi connectivity index (χ1) is 8.19. The number of carbonyl (C=O) groups excluding carboxylic acids is 1. The predicted octanol–water partition coefficient (Wildman–Crippen LogP) is 1.32. The SMILES string of the molecule is Cc1ccc(CC2CN(CCN)C(=O)O2)cc1. The normalized spacial score (nSPS) is 19.5. The van der Waals surface area contributed by atoms with E-state index in [-0.39, 0.29) is 12.2 Å². The average molecular weight is 234 g/mol. The van der Waals surface area contributed by atoms with Gasteiger partial charge in [0.15, 0.2) is 0 Å². The number of nitrogens with two attached hydrogens (primary N) is 1. The van der Waals surface area contributed by atoms with Gasteiger partial charge in [0.1, 0.15) is 6.10 Å². The standard InChI is InChI=1S/C13H18N2O2/c1-10-2-4-11(5-3-10)8-12-9-15(7-6-14)13(16)17-12/h2-5,12H,6-9,14H2,1H3. The van der Waals surface area contributed by atoms with Crippen molar-refractivity contribution in [2.75, 3.05) is 19.6 Å². The Labute approximate surface area is 101 Å². The van der Waals surface area contributed by atoms with Crippen molar-refractivity contribution in [3.8, 4) is 0 Å². The topological polar surface area (TPSA) is 55.6 Å². The van der Waals surface area contributed by atoms with Gasteiger partial charge in [0.2, 0.25) is 0 Å². The number of amides is 1. The lowest BCUT2D eigenvalue weighted by Gasteiger charge is -2.10. The number of aryl methyl sites for hydroxylation is 1. The van der Waals surface area contributed by atoms with Crippen molar-refractivity contribution in [2.45, 2.75) is 19.4 Å². The van der Waals surface area contributed by atoms with Crippen LogP contribution >= 0.6 is 0 Å². The summed E-state index contributed by atoms with van der Waals surface area (Å²) < 4.78 is 5.29. The van der Waals surface area contributed by atoms with E-state index in [9.17, 15) is 4.79 Å². The molecule has 1 amide bonds. The minimum Gasteiger partial charge on any atom is -0.444 e. The molecule has 1 aromatic carbocycles. The molecule has 1 aromatic rings. The summed E-state index contributed by atoms with van der Waals surface area (Å²) in [6.07, 6.45) is 0.483. The van der Waals surface area contributed by atoms with Crippen molar-refractivity contribution in [1.29, 1.82) is 0 Å². The number of nitrogens with zero attached hydrogens (tertiary/aromatic N) is 1. The first kappa shape index (κ1) is 11.9. The molecule has 4 nitrogen and oxygen atoms in total. The van der Waals surface area contributed by atoms with Gasteiger partial charge in [-0.1, -0.05) is 29.8 Å². The third-order valence-electron chi connectivity index (χ3n) is 2.93. The molecule has 92 valence electrons. The summed E-state index contributed by atoms with van der Waals surface area (Å²) in [6, 6.07) is 8.30. The van der Waals surface area contributed by atoms with Gasteiger partial charge in [-0.3, -0.25) is 0 Å². The van der Waals surface area contributed by atoms with E-state index in [1.807, 2.05) is 0 Å². The monoisotopic (exact) mass is 234 g/mol. The van der Waals surface area contributed by atoms with Gasteiger partial charge in [-0.15, -0.1) is 0 Å². The molecule has 0 saturated carbocycles. The fraction of sp³-hybridized carbons (Fsp3) is 0.462. The molecule has 4 heteroatoms. The number of hydrogen-bond donors (Lipinski definition) is 1. The van der Waals surface area contributed by atoms with Crippen LogP contribution < -0.4 is 5.73 Å². The van der Waals surface area contributed by atoms with E-state index in [2.05, 4.69) is 31.2 Å². The van der Waals surface area contributed by atoms with Gasteiger partial charge in [-0.25, -0.2) is 4.79 Å². The second-order valence-corrected chi connectivity index (χ2v) is 4.43. The third kappa shape index (κ3) is 2.97. The zero-order valence-corrected chi connectivity index (χ0v) is 10.1. The average Bonchev–Trinajstić information content (AvgIpc) is 2.63. The summed E-state index contributed by atoms with van der Waals surface area (Å²) in [5, 5.41) is 0. The van der Waals surface area contributed by atoms with Gasteiger partial charge < -0.3 is 15.4 Å². The zero-order chi connectivity index (χ0) is 12.3. The van der Waals surface area contributed by atoms with E-state index in [4.69, 9.17) is 10.5 Å². The second-order valence-electron chi connectivity index (χ2n) is 4.43. The summed E-state index contributed by atoms with van der Waals surface area (Å²) in [6.45, 7) is 3.75. The molecule has 0 aromatic heterocycles. The molecule has 0 bridgehead atoms. The Morgan fingerprint density at radius 1 is 1.41 bits per heavy atom. The molecule has 1 heterocycles. The van der Waals surface area contributed by atoms with Crippen LogP contribution in [0.5, 0.6) is 0 Å². The van der Waals surface area contributed by atoms with Crippen molar-refractivity contribution < 1.29 is 9.53 Å². The number of ether oxygens (including phenoxy) is 1. The Bertz CT molecular complexity index is 389. The van der Waals surface area contributed by atoms with Crippen LogP contribution in [-0.2, 0) is 11.2 Å². The smallest absolute Gasteiger partial charge is 0.410 e. The molecule has 1 aliphatic rings. The first-order valence-corrected chi connectivity index (χ1v) is 5.90. The van der Waals surface area contributed by atoms with Gasteiger partial charge in [0.25, 0.3) is 0 Å². The van der Waals surface area contributed by atoms with Crippen molar-refractivity contribution in [1.82, 2.24) is 4.90 Å². The van der Waals surface area contributed by atoms with Crippen molar-refractivity contribution in [3.63, 3.8) is 0 Å². The maximum Gasteiger partial charge on any atom is 0.410 e. The van der Waals surface area contributed by atoms with Crippen molar-refractivity contribution in [3.05, 3.63) is 35.4 Å². The minimum absolute atomic E-state index is 0.0447. The van der Waals surface area contributed by atoms with Crippen LogP contribution in [0, 0.1) is 6.92 Å². The first-order valence-electron chi connectivity index (χ1n) is 5.90. The van der Waals surface area contributed by atoms with E-state index >= 15 is 0 Å². The number of rotatable bonds is 4. The lowest BCUT2D eigenvalue weighted by Crippen LogP contribution is -2.30. The minimum atomic E-state index is -0.243. The van der Waals surface area contributed by atoms with Gasteiger partial charge in [0.05, 0.1) is 6.54 Å². The Balaban J connectivity index is 1.93. The highest BCUT2D eigenvalue weighted by Gasteiger charge is 2.30. The van der Waals surface area contributed by atoms with Gasteiger partial charge >= 0.3 is 6.09 Å². The quantitative estimate of drug-likeness (QED) is 0.854. The van der Waals surface area contributed by atoms with Crippen molar-refractivity contribution >= 4 is 6.09 Å². The molecule has 1 aliphatic heterocycles. The van der Waals surface area contributed by atoms with Crippen LogP contribution in [-0.4, -0.2) is 36.7 Å². The second kappa shape index (κ2) is 5.19. The van der Waals surface area contributed by atoms with E-state index in [0.717, 1.165) is 6.42 Å². The van der Waals surface area contributed by atoms with E-state index in [1.165, 1.54) is 11.1 Å². The summed E-state index contributed by atoms with van der Waals surface area (Å²) in [5.74, 6) is 0. The third-order valence-corrected chi connectivity index (χ3v) is 2.93. The van der Waals surface area contributed by atoms with Crippen LogP contribution in [0.4, 0.5) is 4.79 Å². The highest BCUT2D eigenvalue weighted by atomic mass is 16.6. The molecular weight excluding hydrogens is 216 g/mol. The molecule has 0 aliphatic carbocycles. The molecule has 2 rings (SSSR count). The number of benzene rings is 1. The highest BCUT2D eigenvalue weighted by molar-refractivity contribution is 5.69. The molecule has 1 fully saturated rings. The Morgan fingerprint density at radius 3 is 2.76 bits per heavy atom. The van der Waals surface area contributed by atoms with E-state index < -0.39 is 0 Å². The fourth-order valence-corrected chi connectivity index (χ4v) is 2.01. The van der Waals surface area contributed by atoms with Gasteiger partial charge in [-0.05, 0) is 12.5 Å². The van der Waals surface area contributed by atoms with E-state index in [0.29, 0.717) is 19.6 Å². The van der Waals surface area contributed by atoms with Gasteiger partial charge in [0, 0.05) is 19.5 Å². The maximum atomic E-state index is 11.5. The number of carbonyl (C=O) groups is 1. The molecular formula is C13H18N2O2. The predicted molar refractivity (Wildman–Crippen MR) is 65.8 cm³/mol. The van der Waals surface area contributed by atoms with Crippen molar-refractivity contribution in [2.24, 2.45) is 5.73 Å². The summed E-state index contributed by atoms with van der Waals surface area (Å²) in [7, 11) is 0. The lowest BCUT2D eigenvalue weighted by molar-refractivity contribution is 0.132. The van der Waals surface area contributed by atoms with Crippen LogP contribution in [0.3, 0.4) is 0 Å². The van der Waals surface area contributed by atoms with Gasteiger partial charge in [-0.2, -0.15) is 0 Å². The number of cyclic esters (lactones) is 1. The molecule has 1 unspecified atom stereocenters. The van der Waals surface area contributed by atoms with Crippen LogP contribution in [0.25, 0.3) is 0 Å². The van der Waals surface area contributed by atoms with Crippen LogP contribution in [0.2, 0.25) is 0 Å². The lowest BCUT2D eigenvalue weighted by atomic mass is 10.1. The Kier molecular flexibility index (Phi) is 3.64. The summed E-state index contributed by atoms with van der Waals surface area (Å²) >= 11 is 0. The zero-order valence-electron chi connectivity index (χ0n) is 10.1. The fourth-order valence-electron chi connectivity index (χ4n) is 2.01. The Morgan fingerprint density at radius 2 is 2.12 bits per heavy atom.